The topological polar surface area (TPSA) is 125 Å². The van der Waals surface area contributed by atoms with Crippen molar-refractivity contribution < 1.29 is 23.8 Å². The van der Waals surface area contributed by atoms with E-state index in [1.165, 1.54) is 31.1 Å². The van der Waals surface area contributed by atoms with Gasteiger partial charge in [-0.15, -0.1) is 0 Å². The molecule has 0 aromatic carbocycles. The fraction of sp³-hybridized carbons (Fsp3) is 0.500. The van der Waals surface area contributed by atoms with E-state index in [0.717, 1.165) is 0 Å². The molecule has 1 saturated heterocycles. The summed E-state index contributed by atoms with van der Waals surface area (Å²) in [5, 5.41) is 0. The van der Waals surface area contributed by atoms with Crippen molar-refractivity contribution in [1.82, 2.24) is 19.5 Å². The lowest BCUT2D eigenvalue weighted by Gasteiger charge is -2.23. The van der Waals surface area contributed by atoms with Crippen molar-refractivity contribution in [3.8, 4) is 0 Å². The molecular weight excluding hydrogens is 320 g/mol. The summed E-state index contributed by atoms with van der Waals surface area (Å²) in [6.45, 7) is 4.21. The largest absolute Gasteiger partial charge is 0.456 e. The van der Waals surface area contributed by atoms with Crippen LogP contribution in [0.3, 0.4) is 0 Å². The second-order valence-corrected chi connectivity index (χ2v) is 5.44. The third-order valence-corrected chi connectivity index (χ3v) is 3.67. The highest BCUT2D eigenvalue weighted by Gasteiger charge is 2.48. The SMILES string of the molecule is CC(=O)O[C@@H]1[C@H](OC(C)=O)[C@H](n2cnc3c(=O)[nH]cnc32)O[C@@H]1C. The van der Waals surface area contributed by atoms with E-state index in [1.54, 1.807) is 6.92 Å². The summed E-state index contributed by atoms with van der Waals surface area (Å²) in [4.78, 5) is 45.1. The number of H-pyrrole nitrogens is 1. The van der Waals surface area contributed by atoms with E-state index in [4.69, 9.17) is 14.2 Å². The first kappa shape index (κ1) is 16.1. The number of aromatic nitrogens is 4. The van der Waals surface area contributed by atoms with Gasteiger partial charge in [-0.3, -0.25) is 19.0 Å². The molecule has 3 heterocycles. The number of hydrogen-bond acceptors (Lipinski definition) is 8. The molecule has 0 saturated carbocycles. The lowest BCUT2D eigenvalue weighted by Crippen LogP contribution is -2.38. The van der Waals surface area contributed by atoms with Gasteiger partial charge >= 0.3 is 11.9 Å². The van der Waals surface area contributed by atoms with Crippen LogP contribution in [0.25, 0.3) is 11.2 Å². The Hall–Kier alpha value is -2.75. The number of ether oxygens (including phenoxy) is 3. The van der Waals surface area contributed by atoms with Crippen LogP contribution in [-0.2, 0) is 23.8 Å². The molecule has 0 aliphatic carbocycles. The molecule has 0 radical (unpaired) electrons. The highest BCUT2D eigenvalue weighted by molar-refractivity contribution is 5.69. The van der Waals surface area contributed by atoms with Crippen molar-refractivity contribution in [3.05, 3.63) is 23.0 Å². The Bertz CT molecular complexity index is 843. The number of rotatable bonds is 3. The average Bonchev–Trinajstić information content (AvgIpc) is 3.03. The molecule has 0 bridgehead atoms. The maximum atomic E-state index is 11.8. The van der Waals surface area contributed by atoms with Crippen LogP contribution in [0.15, 0.2) is 17.4 Å². The number of imidazole rings is 1. The standard InChI is InChI=1S/C14H16N4O6/c1-6-10(23-7(2)19)11(24-8(3)20)14(22-6)18-5-17-9-12(18)15-4-16-13(9)21/h4-6,10-11,14H,1-3H3,(H,15,16,21)/t6-,10+,11+,14-/m1/s1. The number of carbonyl (C=O) groups excluding carboxylic acids is 2. The quantitative estimate of drug-likeness (QED) is 0.770. The molecule has 0 unspecified atom stereocenters. The van der Waals surface area contributed by atoms with Gasteiger partial charge < -0.3 is 19.2 Å². The molecule has 0 amide bonds. The summed E-state index contributed by atoms with van der Waals surface area (Å²) >= 11 is 0. The Morgan fingerprint density at radius 2 is 1.88 bits per heavy atom. The lowest BCUT2D eigenvalue weighted by molar-refractivity contribution is -0.165. The second kappa shape index (κ2) is 6.04. The Kier molecular flexibility index (Phi) is 4.06. The first-order valence-electron chi connectivity index (χ1n) is 7.28. The third-order valence-electron chi connectivity index (χ3n) is 3.67. The van der Waals surface area contributed by atoms with Crippen molar-refractivity contribution in [2.24, 2.45) is 0 Å². The predicted octanol–water partition coefficient (Wildman–Crippen LogP) is -0.0997. The van der Waals surface area contributed by atoms with E-state index in [2.05, 4.69) is 15.0 Å². The first-order valence-corrected chi connectivity index (χ1v) is 7.28. The summed E-state index contributed by atoms with van der Waals surface area (Å²) in [6, 6.07) is 0. The van der Waals surface area contributed by atoms with E-state index in [0.29, 0.717) is 0 Å². The van der Waals surface area contributed by atoms with Gasteiger partial charge in [0, 0.05) is 13.8 Å². The van der Waals surface area contributed by atoms with E-state index in [-0.39, 0.29) is 11.2 Å². The monoisotopic (exact) mass is 336 g/mol. The summed E-state index contributed by atoms with van der Waals surface area (Å²) in [5.41, 5.74) is 0.00760. The van der Waals surface area contributed by atoms with Crippen molar-refractivity contribution >= 4 is 23.1 Å². The zero-order chi connectivity index (χ0) is 17.4. The van der Waals surface area contributed by atoms with E-state index in [9.17, 15) is 14.4 Å². The summed E-state index contributed by atoms with van der Waals surface area (Å²) in [6.07, 6.45) is -0.409. The molecule has 10 heteroatoms. The lowest BCUT2D eigenvalue weighted by atomic mass is 10.1. The number of carbonyl (C=O) groups is 2. The van der Waals surface area contributed by atoms with Crippen molar-refractivity contribution in [3.63, 3.8) is 0 Å². The summed E-state index contributed by atoms with van der Waals surface area (Å²) in [7, 11) is 0. The van der Waals surface area contributed by atoms with E-state index in [1.807, 2.05) is 0 Å². The highest BCUT2D eigenvalue weighted by atomic mass is 16.6. The molecular formula is C14H16N4O6. The summed E-state index contributed by atoms with van der Waals surface area (Å²) < 4.78 is 17.8. The van der Waals surface area contributed by atoms with Gasteiger partial charge in [-0.2, -0.15) is 0 Å². The molecule has 24 heavy (non-hydrogen) atoms. The first-order chi connectivity index (χ1) is 11.4. The molecule has 1 aliphatic heterocycles. The van der Waals surface area contributed by atoms with Gasteiger partial charge in [0.05, 0.1) is 18.8 Å². The molecule has 0 spiro atoms. The minimum Gasteiger partial charge on any atom is -0.456 e. The maximum Gasteiger partial charge on any atom is 0.303 e. The molecule has 10 nitrogen and oxygen atoms in total. The Morgan fingerprint density at radius 1 is 1.21 bits per heavy atom. The molecule has 128 valence electrons. The number of hydrogen-bond donors (Lipinski definition) is 1. The van der Waals surface area contributed by atoms with Crippen LogP contribution in [0.2, 0.25) is 0 Å². The van der Waals surface area contributed by atoms with Gasteiger partial charge in [-0.25, -0.2) is 9.97 Å². The Morgan fingerprint density at radius 3 is 2.54 bits per heavy atom. The number of esters is 2. The molecule has 2 aromatic heterocycles. The minimum atomic E-state index is -0.889. The van der Waals surface area contributed by atoms with Gasteiger partial charge in [-0.1, -0.05) is 0 Å². The van der Waals surface area contributed by atoms with Crippen LogP contribution in [0.1, 0.15) is 27.0 Å². The molecule has 1 fully saturated rings. The number of fused-ring (bicyclic) bond motifs is 1. The molecule has 3 rings (SSSR count). The van der Waals surface area contributed by atoms with Crippen LogP contribution >= 0.6 is 0 Å². The van der Waals surface area contributed by atoms with Crippen molar-refractivity contribution in [2.45, 2.75) is 45.3 Å². The van der Waals surface area contributed by atoms with Crippen LogP contribution in [0.4, 0.5) is 0 Å². The van der Waals surface area contributed by atoms with Gasteiger partial charge in [0.25, 0.3) is 5.56 Å². The molecule has 2 aromatic rings. The normalized spacial score (nSPS) is 26.5. The van der Waals surface area contributed by atoms with Crippen LogP contribution in [0, 0.1) is 0 Å². The van der Waals surface area contributed by atoms with Gasteiger partial charge in [0.2, 0.25) is 0 Å². The van der Waals surface area contributed by atoms with Crippen molar-refractivity contribution in [2.75, 3.05) is 0 Å². The molecule has 1 aliphatic rings. The van der Waals surface area contributed by atoms with Gasteiger partial charge in [-0.05, 0) is 6.92 Å². The van der Waals surface area contributed by atoms with E-state index >= 15 is 0 Å². The smallest absolute Gasteiger partial charge is 0.303 e. The zero-order valence-corrected chi connectivity index (χ0v) is 13.3. The number of nitrogens with one attached hydrogen (secondary N) is 1. The Balaban J connectivity index is 2.03. The Labute approximate surface area is 135 Å². The number of aromatic amines is 1. The minimum absolute atomic E-state index is 0.131. The van der Waals surface area contributed by atoms with Crippen molar-refractivity contribution in [1.29, 1.82) is 0 Å². The average molecular weight is 336 g/mol. The molecule has 4 atom stereocenters. The fourth-order valence-electron chi connectivity index (χ4n) is 2.75. The number of nitrogens with zero attached hydrogens (tertiary/aromatic N) is 3. The summed E-state index contributed by atoms with van der Waals surface area (Å²) in [5.74, 6) is -1.06. The van der Waals surface area contributed by atoms with Crippen LogP contribution in [0.5, 0.6) is 0 Å². The van der Waals surface area contributed by atoms with Gasteiger partial charge in [0.15, 0.2) is 29.6 Å². The second-order valence-electron chi connectivity index (χ2n) is 5.44. The highest BCUT2D eigenvalue weighted by Crippen LogP contribution is 2.34. The third kappa shape index (κ3) is 2.75. The fourth-order valence-corrected chi connectivity index (χ4v) is 2.75. The zero-order valence-electron chi connectivity index (χ0n) is 13.3. The maximum absolute atomic E-state index is 11.8. The van der Waals surface area contributed by atoms with E-state index < -0.39 is 42.0 Å². The van der Waals surface area contributed by atoms with Gasteiger partial charge in [0.1, 0.15) is 0 Å². The predicted molar refractivity (Wildman–Crippen MR) is 78.8 cm³/mol. The van der Waals surface area contributed by atoms with Crippen LogP contribution < -0.4 is 5.56 Å². The van der Waals surface area contributed by atoms with Crippen LogP contribution in [-0.4, -0.2) is 49.8 Å². The molecule has 1 N–H and O–H groups in total.